The minimum absolute atomic E-state index is 0.0156. The number of benzene rings is 1. The summed E-state index contributed by atoms with van der Waals surface area (Å²) in [6.45, 7) is 4.54. The number of aromatic nitrogens is 3. The smallest absolute Gasteiger partial charge is 0.226 e. The number of nitrogens with zero attached hydrogens (tertiary/aromatic N) is 5. The topological polar surface area (TPSA) is 89.8 Å². The van der Waals surface area contributed by atoms with Crippen molar-refractivity contribution in [2.45, 2.75) is 71.1 Å². The molecule has 1 saturated carbocycles. The number of ether oxygens (including phenoxy) is 2. The monoisotopic (exact) mass is 543 g/mol. The van der Waals surface area contributed by atoms with Crippen LogP contribution in [0.15, 0.2) is 12.1 Å². The van der Waals surface area contributed by atoms with Gasteiger partial charge < -0.3 is 19.3 Å². The highest BCUT2D eigenvalue weighted by Crippen LogP contribution is 2.43. The molecule has 1 aromatic heterocycles. The first-order chi connectivity index (χ1) is 18.4. The Morgan fingerprint density at radius 1 is 1.13 bits per heavy atom. The van der Waals surface area contributed by atoms with Gasteiger partial charge in [0.2, 0.25) is 11.8 Å². The number of halogens is 1. The fourth-order valence-electron chi connectivity index (χ4n) is 6.35. The van der Waals surface area contributed by atoms with Crippen LogP contribution < -0.4 is 4.74 Å². The minimum atomic E-state index is -0.309. The van der Waals surface area contributed by atoms with E-state index in [1.165, 1.54) is 6.42 Å². The molecule has 0 unspecified atom stereocenters. The number of carbonyl (C=O) groups is 2. The van der Waals surface area contributed by atoms with Crippen LogP contribution in [0.1, 0.15) is 74.0 Å². The number of methoxy groups -OCH3 is 1. The van der Waals surface area contributed by atoms with Gasteiger partial charge in [0.15, 0.2) is 0 Å². The third-order valence-electron chi connectivity index (χ3n) is 8.52. The summed E-state index contributed by atoms with van der Waals surface area (Å²) in [5, 5.41) is 9.06. The zero-order valence-corrected chi connectivity index (χ0v) is 23.4. The highest BCUT2D eigenvalue weighted by atomic mass is 35.5. The van der Waals surface area contributed by atoms with Crippen LogP contribution in [0, 0.1) is 11.8 Å². The average molecular weight is 544 g/mol. The Kier molecular flexibility index (Phi) is 8.23. The molecule has 0 N–H and O–H groups in total. The Morgan fingerprint density at radius 2 is 1.95 bits per heavy atom. The molecule has 3 atom stereocenters. The number of likely N-dealkylation sites (tertiary alicyclic amines) is 1. The molecule has 3 heterocycles. The predicted molar refractivity (Wildman–Crippen MR) is 143 cm³/mol. The van der Waals surface area contributed by atoms with Crippen LogP contribution in [0.3, 0.4) is 0 Å². The third-order valence-corrected chi connectivity index (χ3v) is 8.87. The molecule has 0 bridgehead atoms. The van der Waals surface area contributed by atoms with Gasteiger partial charge in [-0.05, 0) is 49.3 Å². The van der Waals surface area contributed by atoms with E-state index in [1.807, 2.05) is 29.0 Å². The first kappa shape index (κ1) is 26.9. The number of rotatable bonds is 8. The van der Waals surface area contributed by atoms with E-state index in [9.17, 15) is 9.59 Å². The van der Waals surface area contributed by atoms with Crippen LogP contribution in [0.5, 0.6) is 5.75 Å². The van der Waals surface area contributed by atoms with Gasteiger partial charge in [-0.1, -0.05) is 36.6 Å². The average Bonchev–Trinajstić information content (AvgIpc) is 3.48. The van der Waals surface area contributed by atoms with E-state index in [4.69, 9.17) is 21.1 Å². The van der Waals surface area contributed by atoms with Gasteiger partial charge in [-0.3, -0.25) is 9.59 Å². The van der Waals surface area contributed by atoms with Crippen molar-refractivity contribution in [2.24, 2.45) is 18.9 Å². The Labute approximate surface area is 229 Å². The van der Waals surface area contributed by atoms with Crippen molar-refractivity contribution in [3.05, 3.63) is 39.7 Å². The maximum atomic E-state index is 14.0. The van der Waals surface area contributed by atoms with Crippen LogP contribution in [0.4, 0.5) is 0 Å². The van der Waals surface area contributed by atoms with Crippen molar-refractivity contribution in [3.8, 4) is 5.75 Å². The van der Waals surface area contributed by atoms with Gasteiger partial charge in [-0.15, -0.1) is 5.10 Å². The summed E-state index contributed by atoms with van der Waals surface area (Å²) < 4.78 is 13.4. The summed E-state index contributed by atoms with van der Waals surface area (Å²) in [5.74, 6) is 1.38. The maximum absolute atomic E-state index is 14.0. The molecule has 2 aliphatic heterocycles. The van der Waals surface area contributed by atoms with Crippen LogP contribution in [0.2, 0.25) is 5.02 Å². The second-order valence-corrected chi connectivity index (χ2v) is 11.3. The molecule has 3 aliphatic rings. The van der Waals surface area contributed by atoms with E-state index in [0.29, 0.717) is 61.5 Å². The van der Waals surface area contributed by atoms with Crippen LogP contribution in [-0.2, 0) is 41.0 Å². The normalized spacial score (nSPS) is 23.6. The van der Waals surface area contributed by atoms with Crippen molar-refractivity contribution in [1.29, 1.82) is 0 Å². The second kappa shape index (κ2) is 11.6. The Morgan fingerprint density at radius 3 is 2.68 bits per heavy atom. The van der Waals surface area contributed by atoms with Gasteiger partial charge >= 0.3 is 0 Å². The molecular formula is C28H38ClN5O4. The third kappa shape index (κ3) is 5.27. The van der Waals surface area contributed by atoms with Gasteiger partial charge in [0.05, 0.1) is 18.3 Å². The zero-order chi connectivity index (χ0) is 26.8. The summed E-state index contributed by atoms with van der Waals surface area (Å²) >= 11 is 6.73. The molecule has 9 nitrogen and oxygen atoms in total. The summed E-state index contributed by atoms with van der Waals surface area (Å²) in [4.78, 5) is 30.7. The lowest BCUT2D eigenvalue weighted by Gasteiger charge is -2.43. The van der Waals surface area contributed by atoms with Crippen molar-refractivity contribution >= 4 is 23.4 Å². The second-order valence-electron chi connectivity index (χ2n) is 10.9. The van der Waals surface area contributed by atoms with E-state index >= 15 is 0 Å². The van der Waals surface area contributed by atoms with Crippen molar-refractivity contribution in [3.63, 3.8) is 0 Å². The zero-order valence-electron chi connectivity index (χ0n) is 22.6. The fourth-order valence-corrected chi connectivity index (χ4v) is 6.61. The molecule has 2 aromatic rings. The molecule has 5 rings (SSSR count). The van der Waals surface area contributed by atoms with E-state index in [1.54, 1.807) is 11.8 Å². The molecule has 38 heavy (non-hydrogen) atoms. The number of hydrogen-bond donors (Lipinski definition) is 0. The predicted octanol–water partition coefficient (Wildman–Crippen LogP) is 4.07. The lowest BCUT2D eigenvalue weighted by atomic mass is 9.78. The molecule has 10 heteroatoms. The fraction of sp³-hybridized carbons (Fsp3) is 0.643. The van der Waals surface area contributed by atoms with Gasteiger partial charge in [-0.25, -0.2) is 4.68 Å². The summed E-state index contributed by atoms with van der Waals surface area (Å²) in [6.07, 6.45) is 6.33. The summed E-state index contributed by atoms with van der Waals surface area (Å²) in [7, 11) is 3.46. The standard InChI is InChI=1S/C28H38ClN5O4/c1-18-7-4-5-8-19(18)28(36)34-14-12-20-21(29)10-11-25(27(20)23(34)15-33-13-6-9-26(33)35)38-16-22-24(17-37-3)32(2)31-30-22/h10-11,18-19,23H,4-9,12-17H2,1-3H3/t18-,19+,23+/m0/s1. The van der Waals surface area contributed by atoms with E-state index in [2.05, 4.69) is 17.2 Å². The number of hydrogen-bond acceptors (Lipinski definition) is 6. The van der Waals surface area contributed by atoms with Crippen molar-refractivity contribution in [2.75, 3.05) is 26.7 Å². The van der Waals surface area contributed by atoms with Gasteiger partial charge in [0, 0.05) is 56.7 Å². The van der Waals surface area contributed by atoms with Crippen LogP contribution in [0.25, 0.3) is 0 Å². The Balaban J connectivity index is 1.49. The first-order valence-electron chi connectivity index (χ1n) is 13.8. The molecule has 2 fully saturated rings. The quantitative estimate of drug-likeness (QED) is 0.498. The molecular weight excluding hydrogens is 506 g/mol. The van der Waals surface area contributed by atoms with Crippen LogP contribution >= 0.6 is 11.6 Å². The Bertz CT molecular complexity index is 1180. The van der Waals surface area contributed by atoms with E-state index in [0.717, 1.165) is 42.5 Å². The SMILES string of the molecule is COCc1c(COc2ccc(Cl)c3c2[C@@H](CN2CCCC2=O)N(C(=O)[C@@H]2CCCC[C@@H]2C)CC3)nnn1C. The first-order valence-corrected chi connectivity index (χ1v) is 14.2. The Hall–Kier alpha value is -2.65. The van der Waals surface area contributed by atoms with E-state index in [-0.39, 0.29) is 30.4 Å². The summed E-state index contributed by atoms with van der Waals surface area (Å²) in [5.41, 5.74) is 3.46. The highest BCUT2D eigenvalue weighted by Gasteiger charge is 2.41. The molecule has 1 aromatic carbocycles. The summed E-state index contributed by atoms with van der Waals surface area (Å²) in [6, 6.07) is 3.43. The number of aryl methyl sites for hydroxylation is 1. The van der Waals surface area contributed by atoms with Gasteiger partial charge in [-0.2, -0.15) is 0 Å². The molecule has 1 saturated heterocycles. The lowest BCUT2D eigenvalue weighted by molar-refractivity contribution is -0.143. The number of amides is 2. The largest absolute Gasteiger partial charge is 0.487 e. The lowest BCUT2D eigenvalue weighted by Crippen LogP contribution is -2.49. The molecule has 0 radical (unpaired) electrons. The van der Waals surface area contributed by atoms with Crippen molar-refractivity contribution < 1.29 is 19.1 Å². The minimum Gasteiger partial charge on any atom is -0.487 e. The molecule has 1 aliphatic carbocycles. The van der Waals surface area contributed by atoms with Gasteiger partial charge in [0.25, 0.3) is 0 Å². The number of carbonyl (C=O) groups excluding carboxylic acids is 2. The molecule has 0 spiro atoms. The molecule has 2 amide bonds. The van der Waals surface area contributed by atoms with Crippen LogP contribution in [-0.4, -0.2) is 63.4 Å². The van der Waals surface area contributed by atoms with Crippen molar-refractivity contribution in [1.82, 2.24) is 24.8 Å². The maximum Gasteiger partial charge on any atom is 0.226 e. The number of fused-ring (bicyclic) bond motifs is 1. The van der Waals surface area contributed by atoms with E-state index < -0.39 is 0 Å². The highest BCUT2D eigenvalue weighted by molar-refractivity contribution is 6.31. The molecule has 206 valence electrons. The van der Waals surface area contributed by atoms with Gasteiger partial charge in [0.1, 0.15) is 18.1 Å².